The number of amides is 1. The van der Waals surface area contributed by atoms with E-state index in [1.807, 2.05) is 26.0 Å². The molecule has 0 atom stereocenters. The Morgan fingerprint density at radius 3 is 2.55 bits per heavy atom. The SMILES string of the molecule is Cc1ccc(N)c(C)c1NC(=O)c1cc(Cl)ccc1Cl. The van der Waals surface area contributed by atoms with Crippen LogP contribution in [0.5, 0.6) is 0 Å². The van der Waals surface area contributed by atoms with Crippen LogP contribution in [-0.2, 0) is 0 Å². The summed E-state index contributed by atoms with van der Waals surface area (Å²) in [6, 6.07) is 8.44. The fourth-order valence-electron chi connectivity index (χ4n) is 1.91. The number of carbonyl (C=O) groups is 1. The van der Waals surface area contributed by atoms with Crippen molar-refractivity contribution < 1.29 is 4.79 Å². The molecule has 5 heteroatoms. The van der Waals surface area contributed by atoms with Gasteiger partial charge in [-0.3, -0.25) is 4.79 Å². The summed E-state index contributed by atoms with van der Waals surface area (Å²) in [6.45, 7) is 3.76. The Morgan fingerprint density at radius 1 is 1.15 bits per heavy atom. The van der Waals surface area contributed by atoms with Crippen LogP contribution in [0.2, 0.25) is 10.0 Å². The first-order valence-corrected chi connectivity index (χ1v) is 6.78. The second-order valence-corrected chi connectivity index (χ2v) is 5.39. The topological polar surface area (TPSA) is 55.1 Å². The first-order chi connectivity index (χ1) is 9.40. The number of nitrogens with one attached hydrogen (secondary N) is 1. The van der Waals surface area contributed by atoms with Crippen LogP contribution in [0.3, 0.4) is 0 Å². The van der Waals surface area contributed by atoms with Crippen LogP contribution in [0.1, 0.15) is 21.5 Å². The van der Waals surface area contributed by atoms with Gasteiger partial charge in [-0.15, -0.1) is 0 Å². The highest BCUT2D eigenvalue weighted by molar-refractivity contribution is 6.36. The van der Waals surface area contributed by atoms with Crippen molar-refractivity contribution in [2.75, 3.05) is 11.1 Å². The van der Waals surface area contributed by atoms with Gasteiger partial charge in [-0.25, -0.2) is 0 Å². The molecule has 3 N–H and O–H groups in total. The van der Waals surface area contributed by atoms with Gasteiger partial charge >= 0.3 is 0 Å². The van der Waals surface area contributed by atoms with Gasteiger partial charge < -0.3 is 11.1 Å². The van der Waals surface area contributed by atoms with Crippen LogP contribution in [0, 0.1) is 13.8 Å². The van der Waals surface area contributed by atoms with E-state index in [-0.39, 0.29) is 5.91 Å². The van der Waals surface area contributed by atoms with Gasteiger partial charge in [0.2, 0.25) is 0 Å². The third kappa shape index (κ3) is 2.89. The summed E-state index contributed by atoms with van der Waals surface area (Å²) in [5, 5.41) is 3.65. The Balaban J connectivity index is 2.38. The summed E-state index contributed by atoms with van der Waals surface area (Å²) >= 11 is 11.9. The predicted octanol–water partition coefficient (Wildman–Crippen LogP) is 4.44. The smallest absolute Gasteiger partial charge is 0.257 e. The van der Waals surface area contributed by atoms with E-state index in [9.17, 15) is 4.79 Å². The highest BCUT2D eigenvalue weighted by atomic mass is 35.5. The van der Waals surface area contributed by atoms with E-state index in [0.717, 1.165) is 11.1 Å². The molecule has 2 aromatic rings. The van der Waals surface area contributed by atoms with E-state index >= 15 is 0 Å². The summed E-state index contributed by atoms with van der Waals surface area (Å²) in [5.74, 6) is -0.311. The van der Waals surface area contributed by atoms with Gasteiger partial charge in [0.05, 0.1) is 10.6 Å². The Morgan fingerprint density at radius 2 is 1.85 bits per heavy atom. The van der Waals surface area contributed by atoms with E-state index in [0.29, 0.717) is 27.0 Å². The number of aryl methyl sites for hydroxylation is 1. The molecule has 104 valence electrons. The fraction of sp³-hybridized carbons (Fsp3) is 0.133. The van der Waals surface area contributed by atoms with Gasteiger partial charge in [-0.2, -0.15) is 0 Å². The summed E-state index contributed by atoms with van der Waals surface area (Å²) in [5.41, 5.74) is 9.28. The molecule has 0 spiro atoms. The molecule has 0 aliphatic rings. The average Bonchev–Trinajstić information content (AvgIpc) is 2.41. The van der Waals surface area contributed by atoms with Crippen molar-refractivity contribution in [3.63, 3.8) is 0 Å². The molecule has 0 unspecified atom stereocenters. The highest BCUT2D eigenvalue weighted by Crippen LogP contribution is 2.27. The van der Waals surface area contributed by atoms with Crippen LogP contribution in [-0.4, -0.2) is 5.91 Å². The lowest BCUT2D eigenvalue weighted by molar-refractivity contribution is 0.102. The molecule has 20 heavy (non-hydrogen) atoms. The van der Waals surface area contributed by atoms with Crippen LogP contribution >= 0.6 is 23.2 Å². The Hall–Kier alpha value is -1.71. The fourth-order valence-corrected chi connectivity index (χ4v) is 2.28. The van der Waals surface area contributed by atoms with Crippen molar-refractivity contribution >= 4 is 40.5 Å². The minimum atomic E-state index is -0.311. The Labute approximate surface area is 127 Å². The van der Waals surface area contributed by atoms with Crippen molar-refractivity contribution in [1.82, 2.24) is 0 Å². The van der Waals surface area contributed by atoms with E-state index in [4.69, 9.17) is 28.9 Å². The van der Waals surface area contributed by atoms with Crippen molar-refractivity contribution in [1.29, 1.82) is 0 Å². The van der Waals surface area contributed by atoms with E-state index in [1.54, 1.807) is 12.1 Å². The molecule has 0 radical (unpaired) electrons. The molecule has 1 amide bonds. The molecule has 0 aliphatic carbocycles. The number of nitrogen functional groups attached to an aromatic ring is 1. The molecular formula is C15H14Cl2N2O. The maximum absolute atomic E-state index is 12.3. The van der Waals surface area contributed by atoms with Crippen molar-refractivity contribution in [3.8, 4) is 0 Å². The lowest BCUT2D eigenvalue weighted by Crippen LogP contribution is -2.15. The Kier molecular flexibility index (Phi) is 4.21. The maximum atomic E-state index is 12.3. The molecule has 2 rings (SSSR count). The third-order valence-corrected chi connectivity index (χ3v) is 3.69. The molecule has 0 bridgehead atoms. The standard InChI is InChI=1S/C15H14Cl2N2O/c1-8-3-6-13(18)9(2)14(8)19-15(20)11-7-10(16)4-5-12(11)17/h3-7H,18H2,1-2H3,(H,19,20). The second kappa shape index (κ2) is 5.73. The lowest BCUT2D eigenvalue weighted by Gasteiger charge is -2.14. The molecular weight excluding hydrogens is 295 g/mol. The minimum absolute atomic E-state index is 0.311. The first-order valence-electron chi connectivity index (χ1n) is 6.02. The van der Waals surface area contributed by atoms with Gasteiger partial charge in [0.25, 0.3) is 5.91 Å². The van der Waals surface area contributed by atoms with Gasteiger partial charge in [0.15, 0.2) is 0 Å². The summed E-state index contributed by atoms with van der Waals surface area (Å²) < 4.78 is 0. The summed E-state index contributed by atoms with van der Waals surface area (Å²) in [4.78, 5) is 12.3. The zero-order chi connectivity index (χ0) is 14.9. The van der Waals surface area contributed by atoms with Crippen molar-refractivity contribution in [2.24, 2.45) is 0 Å². The highest BCUT2D eigenvalue weighted by Gasteiger charge is 2.14. The minimum Gasteiger partial charge on any atom is -0.398 e. The van der Waals surface area contributed by atoms with E-state index < -0.39 is 0 Å². The summed E-state index contributed by atoms with van der Waals surface area (Å²) in [7, 11) is 0. The second-order valence-electron chi connectivity index (χ2n) is 4.55. The summed E-state index contributed by atoms with van der Waals surface area (Å²) in [6.07, 6.45) is 0. The largest absolute Gasteiger partial charge is 0.398 e. The zero-order valence-corrected chi connectivity index (χ0v) is 12.6. The molecule has 0 aromatic heterocycles. The average molecular weight is 309 g/mol. The molecule has 0 fully saturated rings. The third-order valence-electron chi connectivity index (χ3n) is 3.13. The van der Waals surface area contributed by atoms with Crippen molar-refractivity contribution in [2.45, 2.75) is 13.8 Å². The molecule has 3 nitrogen and oxygen atoms in total. The van der Waals surface area contributed by atoms with Crippen LogP contribution < -0.4 is 11.1 Å². The lowest BCUT2D eigenvalue weighted by atomic mass is 10.1. The molecule has 0 aliphatic heterocycles. The van der Waals surface area contributed by atoms with E-state index in [1.165, 1.54) is 6.07 Å². The number of rotatable bonds is 2. The zero-order valence-electron chi connectivity index (χ0n) is 11.1. The number of nitrogens with two attached hydrogens (primary N) is 1. The molecule has 0 saturated heterocycles. The first kappa shape index (κ1) is 14.7. The van der Waals surface area contributed by atoms with Gasteiger partial charge in [0.1, 0.15) is 0 Å². The van der Waals surface area contributed by atoms with Gasteiger partial charge in [-0.1, -0.05) is 29.3 Å². The number of halogens is 2. The van der Waals surface area contributed by atoms with Crippen LogP contribution in [0.4, 0.5) is 11.4 Å². The van der Waals surface area contributed by atoms with Gasteiger partial charge in [0, 0.05) is 16.4 Å². The van der Waals surface area contributed by atoms with Gasteiger partial charge in [-0.05, 0) is 49.2 Å². The normalized spacial score (nSPS) is 10.4. The van der Waals surface area contributed by atoms with Crippen LogP contribution in [0.25, 0.3) is 0 Å². The predicted molar refractivity (Wildman–Crippen MR) is 84.7 cm³/mol. The molecule has 0 heterocycles. The quantitative estimate of drug-likeness (QED) is 0.806. The number of benzene rings is 2. The van der Waals surface area contributed by atoms with E-state index in [2.05, 4.69) is 5.32 Å². The molecule has 2 aromatic carbocycles. The number of hydrogen-bond donors (Lipinski definition) is 2. The maximum Gasteiger partial charge on any atom is 0.257 e. The number of hydrogen-bond acceptors (Lipinski definition) is 2. The number of carbonyl (C=O) groups excluding carboxylic acids is 1. The van der Waals surface area contributed by atoms with Crippen LogP contribution in [0.15, 0.2) is 30.3 Å². The Bertz CT molecular complexity index is 684. The number of anilines is 2. The molecule has 0 saturated carbocycles. The van der Waals surface area contributed by atoms with Crippen molar-refractivity contribution in [3.05, 3.63) is 57.1 Å². The monoisotopic (exact) mass is 308 g/mol.